The number of aromatic nitrogens is 5. The van der Waals surface area contributed by atoms with Crippen molar-refractivity contribution in [3.63, 3.8) is 0 Å². The van der Waals surface area contributed by atoms with Crippen LogP contribution in [0.2, 0.25) is 4.34 Å². The van der Waals surface area contributed by atoms with E-state index in [4.69, 9.17) is 23.1 Å². The third-order valence-electron chi connectivity index (χ3n) is 10.2. The number of halogens is 1. The molecule has 1 fully saturated rings. The molecular weight excluding hydrogens is 1050 g/mol. The zero-order chi connectivity index (χ0) is 54.5. The standard InChI is InChI=1S/C12H17ClN2OS.C11H15NO2S.2C9H12N2O2S.C8H10N2O2S/c1-9-14-11(12(13)17-9)10(16)5-4-8-15-6-2-3-7-15;1-3-9(13)5-4-6-11(14)10-7-15-8(2)12-10;1-6-11-7(5-14-6)8(12)3-4-9(13)10-2;1-6-11-7(5-14-6)8(12)3-2-4-9(10)13;1-5-10-6(4-13-5)7(11)2-3-8(9)12/h2-8H2,1H3;7H,3-6H2,1-2H3;5H,3-4H2,1-2H3,(H,10,13);5H,2-4H2,1H3,(H2,10,13);4H,2-3H2,1H3,(H2,9,12). The lowest BCUT2D eigenvalue weighted by molar-refractivity contribution is -0.121. The first-order chi connectivity index (χ1) is 34.6. The number of aryl methyl sites for hydroxylation is 5. The largest absolute Gasteiger partial charge is 0.370 e. The Labute approximate surface area is 451 Å². The number of nitrogens with zero attached hydrogens (tertiary/aromatic N) is 6. The topological polar surface area (TPSA) is 285 Å². The summed E-state index contributed by atoms with van der Waals surface area (Å²) in [4.78, 5) is 123. The second kappa shape index (κ2) is 35.1. The Kier molecular flexibility index (Phi) is 30.8. The van der Waals surface area contributed by atoms with E-state index in [0.29, 0.717) is 77.8 Å². The molecule has 398 valence electrons. The summed E-state index contributed by atoms with van der Waals surface area (Å²) < 4.78 is 0.536. The van der Waals surface area contributed by atoms with Gasteiger partial charge in [0.15, 0.2) is 28.9 Å². The van der Waals surface area contributed by atoms with E-state index in [9.17, 15) is 43.2 Å². The zero-order valence-electron chi connectivity index (χ0n) is 42.5. The monoisotopic (exact) mass is 1120 g/mol. The Balaban J connectivity index is 0.000000314. The first-order valence-electron chi connectivity index (χ1n) is 23.6. The second-order valence-electron chi connectivity index (χ2n) is 16.3. The summed E-state index contributed by atoms with van der Waals surface area (Å²) in [5, 5.41) is 13.8. The average molecular weight is 1120 g/mol. The number of rotatable bonds is 24. The van der Waals surface area contributed by atoms with Gasteiger partial charge in [-0.25, -0.2) is 24.9 Å². The molecule has 1 aliphatic rings. The fourth-order valence-corrected chi connectivity index (χ4v) is 9.88. The van der Waals surface area contributed by atoms with E-state index in [1.165, 1.54) is 82.6 Å². The van der Waals surface area contributed by atoms with Crippen LogP contribution in [-0.4, -0.2) is 109 Å². The predicted molar refractivity (Wildman–Crippen MR) is 290 cm³/mol. The molecule has 5 N–H and O–H groups in total. The number of nitrogens with two attached hydrogens (primary N) is 2. The van der Waals surface area contributed by atoms with Crippen molar-refractivity contribution in [3.8, 4) is 0 Å². The summed E-state index contributed by atoms with van der Waals surface area (Å²) in [5.41, 5.74) is 12.3. The molecule has 0 aromatic carbocycles. The van der Waals surface area contributed by atoms with E-state index < -0.39 is 5.91 Å². The molecule has 6 rings (SSSR count). The van der Waals surface area contributed by atoms with E-state index in [1.807, 2.05) is 41.5 Å². The molecule has 0 atom stereocenters. The van der Waals surface area contributed by atoms with Gasteiger partial charge < -0.3 is 21.7 Å². The van der Waals surface area contributed by atoms with Gasteiger partial charge in [0.25, 0.3) is 0 Å². The van der Waals surface area contributed by atoms with Gasteiger partial charge in [0.1, 0.15) is 38.6 Å². The number of carbonyl (C=O) groups is 9. The molecule has 5 aromatic heterocycles. The smallest absolute Gasteiger partial charge is 0.220 e. The van der Waals surface area contributed by atoms with Crippen molar-refractivity contribution in [2.45, 2.75) is 138 Å². The average Bonchev–Trinajstić information content (AvgIpc) is 4.23. The van der Waals surface area contributed by atoms with Crippen LogP contribution in [0.5, 0.6) is 0 Å². The minimum absolute atomic E-state index is 0.0180. The van der Waals surface area contributed by atoms with Gasteiger partial charge in [-0.1, -0.05) is 18.5 Å². The summed E-state index contributed by atoms with van der Waals surface area (Å²) in [6.45, 7) is 14.5. The third kappa shape index (κ3) is 27.1. The van der Waals surface area contributed by atoms with E-state index >= 15 is 0 Å². The Morgan fingerprint density at radius 2 is 0.932 bits per heavy atom. The van der Waals surface area contributed by atoms with Crippen LogP contribution in [-0.2, 0) is 19.2 Å². The van der Waals surface area contributed by atoms with Crippen LogP contribution in [0.1, 0.15) is 181 Å². The number of amides is 3. The molecule has 18 nitrogen and oxygen atoms in total. The molecule has 0 unspecified atom stereocenters. The summed E-state index contributed by atoms with van der Waals surface area (Å²) >= 11 is 13.1. The minimum Gasteiger partial charge on any atom is -0.370 e. The SMILES string of the molecule is CCC(=O)CCCC(=O)c1csc(C)n1.CNC(=O)CCC(=O)c1csc(C)n1.Cc1nc(C(=O)CCC(N)=O)cs1.Cc1nc(C(=O)CCCC(N)=O)cs1.Cc1nc(C(=O)CCCN2CCCC2)c(Cl)s1. The summed E-state index contributed by atoms with van der Waals surface area (Å²) in [7, 11) is 1.56. The fourth-order valence-electron chi connectivity index (χ4n) is 6.28. The highest BCUT2D eigenvalue weighted by atomic mass is 35.5. The lowest BCUT2D eigenvalue weighted by atomic mass is 10.1. The maximum atomic E-state index is 11.9. The van der Waals surface area contributed by atoms with E-state index in [1.54, 1.807) is 28.6 Å². The maximum Gasteiger partial charge on any atom is 0.220 e. The van der Waals surface area contributed by atoms with Crippen LogP contribution < -0.4 is 16.8 Å². The van der Waals surface area contributed by atoms with Gasteiger partial charge in [-0.2, -0.15) is 0 Å². The molecular formula is C49H66ClN9O9S5. The van der Waals surface area contributed by atoms with Gasteiger partial charge in [0.2, 0.25) is 17.7 Å². The van der Waals surface area contributed by atoms with Crippen LogP contribution in [0.25, 0.3) is 0 Å². The number of ketones is 6. The molecule has 0 saturated carbocycles. The second-order valence-corrected chi connectivity index (χ2v) is 22.4. The molecule has 6 heterocycles. The Morgan fingerprint density at radius 1 is 0.534 bits per heavy atom. The zero-order valence-corrected chi connectivity index (χ0v) is 47.3. The van der Waals surface area contributed by atoms with Gasteiger partial charge in [0.05, 0.1) is 25.0 Å². The Hall–Kier alpha value is -5.17. The lowest BCUT2D eigenvalue weighted by Gasteiger charge is -2.13. The van der Waals surface area contributed by atoms with E-state index in [0.717, 1.165) is 38.0 Å². The first-order valence-corrected chi connectivity index (χ1v) is 28.3. The quantitative estimate of drug-likeness (QED) is 0.0485. The Morgan fingerprint density at radius 3 is 1.29 bits per heavy atom. The summed E-state index contributed by atoms with van der Waals surface area (Å²) in [6, 6.07) is 0. The molecule has 24 heteroatoms. The van der Waals surface area contributed by atoms with E-state index in [-0.39, 0.29) is 78.6 Å². The summed E-state index contributed by atoms with van der Waals surface area (Å²) in [6.07, 6.45) is 7.99. The van der Waals surface area contributed by atoms with Gasteiger partial charge in [-0.3, -0.25) is 43.2 Å². The van der Waals surface area contributed by atoms with E-state index in [2.05, 4.69) is 35.1 Å². The van der Waals surface area contributed by atoms with Crippen molar-refractivity contribution in [1.29, 1.82) is 0 Å². The molecule has 73 heavy (non-hydrogen) atoms. The molecule has 5 aromatic rings. The molecule has 0 spiro atoms. The van der Waals surface area contributed by atoms with Gasteiger partial charge in [-0.05, 0) is 86.4 Å². The van der Waals surface area contributed by atoms with Gasteiger partial charge >= 0.3 is 0 Å². The molecule has 1 saturated heterocycles. The number of thiazole rings is 5. The van der Waals surface area contributed by atoms with Gasteiger partial charge in [-0.15, -0.1) is 56.7 Å². The normalized spacial score (nSPS) is 11.6. The highest BCUT2D eigenvalue weighted by Crippen LogP contribution is 2.25. The van der Waals surface area contributed by atoms with Crippen LogP contribution in [0.4, 0.5) is 0 Å². The van der Waals surface area contributed by atoms with Crippen molar-refractivity contribution in [2.24, 2.45) is 11.5 Å². The molecule has 0 bridgehead atoms. The number of Topliss-reactive ketones (excluding diaryl/α,β-unsaturated/α-hetero) is 6. The summed E-state index contributed by atoms with van der Waals surface area (Å²) in [5.74, 6) is -0.811. The van der Waals surface area contributed by atoms with Crippen LogP contribution in [0.15, 0.2) is 21.5 Å². The first kappa shape index (κ1) is 63.9. The number of hydrogen-bond acceptors (Lipinski definition) is 20. The number of nitrogens with one attached hydrogen (secondary N) is 1. The van der Waals surface area contributed by atoms with Crippen molar-refractivity contribution < 1.29 is 43.2 Å². The highest BCUT2D eigenvalue weighted by molar-refractivity contribution is 7.16. The third-order valence-corrected chi connectivity index (χ3v) is 14.5. The molecule has 0 aliphatic carbocycles. The molecule has 1 aliphatic heterocycles. The maximum absolute atomic E-state index is 11.9. The van der Waals surface area contributed by atoms with Crippen molar-refractivity contribution in [2.75, 3.05) is 26.7 Å². The number of carbonyl (C=O) groups excluding carboxylic acids is 9. The van der Waals surface area contributed by atoms with Gasteiger partial charge in [0, 0.05) is 92.8 Å². The van der Waals surface area contributed by atoms with Crippen LogP contribution in [0.3, 0.4) is 0 Å². The predicted octanol–water partition coefficient (Wildman–Crippen LogP) is 9.30. The highest BCUT2D eigenvalue weighted by Gasteiger charge is 2.18. The van der Waals surface area contributed by atoms with Crippen LogP contribution in [0, 0.1) is 34.6 Å². The minimum atomic E-state index is -0.458. The van der Waals surface area contributed by atoms with Crippen molar-refractivity contribution in [3.05, 3.63) is 79.4 Å². The van der Waals surface area contributed by atoms with Crippen molar-refractivity contribution in [1.82, 2.24) is 35.1 Å². The number of primary amides is 2. The van der Waals surface area contributed by atoms with Crippen molar-refractivity contribution >= 4 is 121 Å². The molecule has 3 amide bonds. The van der Waals surface area contributed by atoms with Crippen LogP contribution >= 0.6 is 68.3 Å². The number of hydrogen-bond donors (Lipinski definition) is 3. The Bertz CT molecular complexity index is 2600. The number of likely N-dealkylation sites (tertiary alicyclic amines) is 1. The molecule has 0 radical (unpaired) electrons. The lowest BCUT2D eigenvalue weighted by Crippen LogP contribution is -2.21. The fraction of sp³-hybridized carbons (Fsp3) is 0.510.